The molecule has 0 unspecified atom stereocenters. The van der Waals surface area contributed by atoms with Crippen molar-refractivity contribution in [2.75, 3.05) is 27.3 Å². The number of hydrogen-bond acceptors (Lipinski definition) is 5. The molecule has 0 aliphatic carbocycles. The van der Waals surface area contributed by atoms with Crippen molar-refractivity contribution >= 4 is 12.1 Å². The molecule has 1 saturated heterocycles. The first-order chi connectivity index (χ1) is 6.50. The predicted molar refractivity (Wildman–Crippen MR) is 47.5 cm³/mol. The second-order valence-corrected chi connectivity index (χ2v) is 3.44. The van der Waals surface area contributed by atoms with Gasteiger partial charge < -0.3 is 20.1 Å². The van der Waals surface area contributed by atoms with Gasteiger partial charge in [-0.2, -0.15) is 0 Å². The number of esters is 1. The van der Waals surface area contributed by atoms with Crippen LogP contribution in [-0.4, -0.2) is 49.8 Å². The number of carbonyl (C=O) groups is 2. The summed E-state index contributed by atoms with van der Waals surface area (Å²) in [6.07, 6.45) is -0.298. The lowest BCUT2D eigenvalue weighted by Gasteiger charge is -2.45. The Kier molecular flexibility index (Phi) is 2.95. The van der Waals surface area contributed by atoms with Gasteiger partial charge >= 0.3 is 12.1 Å². The van der Waals surface area contributed by atoms with Crippen molar-refractivity contribution in [2.45, 2.75) is 12.0 Å². The standard InChI is InChI=1S/C8H14N2O4/c1-13-6(11)3-8(9)4-10(5-8)7(12)14-2/h3-5,9H2,1-2H3. The Balaban J connectivity index is 2.37. The van der Waals surface area contributed by atoms with Gasteiger partial charge in [-0.1, -0.05) is 0 Å². The van der Waals surface area contributed by atoms with E-state index < -0.39 is 11.6 Å². The molecule has 0 aromatic carbocycles. The van der Waals surface area contributed by atoms with Gasteiger partial charge in [-0.05, 0) is 0 Å². The third kappa shape index (κ3) is 2.14. The molecule has 0 atom stereocenters. The summed E-state index contributed by atoms with van der Waals surface area (Å²) in [5.74, 6) is -0.364. The Morgan fingerprint density at radius 2 is 1.93 bits per heavy atom. The highest BCUT2D eigenvalue weighted by Crippen LogP contribution is 2.22. The molecule has 0 spiro atoms. The molecule has 14 heavy (non-hydrogen) atoms. The number of rotatable bonds is 2. The fraction of sp³-hybridized carbons (Fsp3) is 0.750. The molecule has 6 nitrogen and oxygen atoms in total. The van der Waals surface area contributed by atoms with Crippen LogP contribution < -0.4 is 5.73 Å². The lowest BCUT2D eigenvalue weighted by Crippen LogP contribution is -2.69. The minimum absolute atomic E-state index is 0.122. The normalized spacial score (nSPS) is 18.4. The van der Waals surface area contributed by atoms with Gasteiger partial charge in [-0.3, -0.25) is 4.79 Å². The molecular formula is C8H14N2O4. The van der Waals surface area contributed by atoms with Gasteiger partial charge in [0.15, 0.2) is 0 Å². The molecule has 1 fully saturated rings. The molecule has 0 radical (unpaired) electrons. The summed E-state index contributed by atoms with van der Waals surface area (Å²) in [5.41, 5.74) is 5.16. The number of hydrogen-bond donors (Lipinski definition) is 1. The van der Waals surface area contributed by atoms with E-state index in [2.05, 4.69) is 9.47 Å². The minimum Gasteiger partial charge on any atom is -0.469 e. The summed E-state index contributed by atoms with van der Waals surface area (Å²) < 4.78 is 8.98. The van der Waals surface area contributed by atoms with Gasteiger partial charge in [-0.15, -0.1) is 0 Å². The van der Waals surface area contributed by atoms with Crippen molar-refractivity contribution in [2.24, 2.45) is 5.73 Å². The number of nitrogens with zero attached hydrogens (tertiary/aromatic N) is 1. The molecule has 0 saturated carbocycles. The van der Waals surface area contributed by atoms with Gasteiger partial charge in [-0.25, -0.2) is 4.79 Å². The molecule has 6 heteroatoms. The minimum atomic E-state index is -0.652. The molecule has 1 aliphatic rings. The van der Waals surface area contributed by atoms with Crippen LogP contribution in [0.2, 0.25) is 0 Å². The summed E-state index contributed by atoms with van der Waals surface area (Å²) in [6.45, 7) is 0.656. The highest BCUT2D eigenvalue weighted by molar-refractivity contribution is 5.73. The summed E-state index contributed by atoms with van der Waals surface area (Å²) in [4.78, 5) is 23.3. The number of methoxy groups -OCH3 is 2. The van der Waals surface area contributed by atoms with Crippen LogP contribution in [0.4, 0.5) is 4.79 Å². The maximum Gasteiger partial charge on any atom is 0.409 e. The van der Waals surface area contributed by atoms with E-state index in [0.717, 1.165) is 0 Å². The Morgan fingerprint density at radius 1 is 1.36 bits per heavy atom. The monoisotopic (exact) mass is 202 g/mol. The third-order valence-electron chi connectivity index (χ3n) is 2.17. The molecular weight excluding hydrogens is 188 g/mol. The largest absolute Gasteiger partial charge is 0.469 e. The lowest BCUT2D eigenvalue weighted by atomic mass is 9.88. The van der Waals surface area contributed by atoms with Crippen LogP contribution in [0.5, 0.6) is 0 Å². The smallest absolute Gasteiger partial charge is 0.409 e. The van der Waals surface area contributed by atoms with E-state index in [9.17, 15) is 9.59 Å². The van der Waals surface area contributed by atoms with Crippen LogP contribution in [0.15, 0.2) is 0 Å². The number of nitrogens with two attached hydrogens (primary N) is 1. The van der Waals surface area contributed by atoms with Crippen molar-refractivity contribution < 1.29 is 19.1 Å². The van der Waals surface area contributed by atoms with Gasteiger partial charge in [0.2, 0.25) is 0 Å². The SMILES string of the molecule is COC(=O)CC1(N)CN(C(=O)OC)C1. The average Bonchev–Trinajstić information content (AvgIpc) is 2.12. The Labute approximate surface area is 81.9 Å². The Morgan fingerprint density at radius 3 is 2.36 bits per heavy atom. The summed E-state index contributed by atoms with van der Waals surface area (Å²) in [7, 11) is 2.61. The average molecular weight is 202 g/mol. The highest BCUT2D eigenvalue weighted by Gasteiger charge is 2.44. The molecule has 80 valence electrons. The highest BCUT2D eigenvalue weighted by atomic mass is 16.5. The summed E-state index contributed by atoms with van der Waals surface area (Å²) in [5, 5.41) is 0. The summed E-state index contributed by atoms with van der Waals surface area (Å²) in [6, 6.07) is 0. The van der Waals surface area contributed by atoms with E-state index in [4.69, 9.17) is 5.73 Å². The Bertz CT molecular complexity index is 248. The van der Waals surface area contributed by atoms with Crippen LogP contribution in [0.25, 0.3) is 0 Å². The quantitative estimate of drug-likeness (QED) is 0.600. The molecule has 0 aromatic rings. The van der Waals surface area contributed by atoms with Crippen LogP contribution in [-0.2, 0) is 14.3 Å². The molecule has 1 heterocycles. The number of likely N-dealkylation sites (tertiary alicyclic amines) is 1. The second-order valence-electron chi connectivity index (χ2n) is 3.44. The zero-order valence-corrected chi connectivity index (χ0v) is 8.28. The van der Waals surface area contributed by atoms with E-state index in [1.54, 1.807) is 0 Å². The fourth-order valence-corrected chi connectivity index (χ4v) is 1.44. The third-order valence-corrected chi connectivity index (χ3v) is 2.17. The van der Waals surface area contributed by atoms with E-state index in [1.165, 1.54) is 19.1 Å². The van der Waals surface area contributed by atoms with E-state index in [1.807, 2.05) is 0 Å². The lowest BCUT2D eigenvalue weighted by molar-refractivity contribution is -0.143. The van der Waals surface area contributed by atoms with Crippen molar-refractivity contribution in [1.29, 1.82) is 0 Å². The molecule has 1 aliphatic heterocycles. The van der Waals surface area contributed by atoms with E-state index in [0.29, 0.717) is 13.1 Å². The first-order valence-electron chi connectivity index (χ1n) is 4.19. The zero-order chi connectivity index (χ0) is 10.8. The molecule has 1 amide bonds. The van der Waals surface area contributed by atoms with Gasteiger partial charge in [0.25, 0.3) is 0 Å². The molecule has 0 bridgehead atoms. The Hall–Kier alpha value is -1.30. The van der Waals surface area contributed by atoms with Crippen molar-refractivity contribution in [3.05, 3.63) is 0 Å². The first-order valence-corrected chi connectivity index (χ1v) is 4.19. The van der Waals surface area contributed by atoms with Crippen LogP contribution >= 0.6 is 0 Å². The topological polar surface area (TPSA) is 81.9 Å². The van der Waals surface area contributed by atoms with E-state index in [-0.39, 0.29) is 12.4 Å². The summed E-state index contributed by atoms with van der Waals surface area (Å²) >= 11 is 0. The molecule has 1 rings (SSSR count). The number of carbonyl (C=O) groups excluding carboxylic acids is 2. The van der Waals surface area contributed by atoms with Gasteiger partial charge in [0.1, 0.15) is 0 Å². The second kappa shape index (κ2) is 3.83. The maximum atomic E-state index is 11.0. The van der Waals surface area contributed by atoms with E-state index >= 15 is 0 Å². The van der Waals surface area contributed by atoms with Crippen molar-refractivity contribution in [3.63, 3.8) is 0 Å². The number of amides is 1. The van der Waals surface area contributed by atoms with Crippen LogP contribution in [0.1, 0.15) is 6.42 Å². The van der Waals surface area contributed by atoms with Crippen LogP contribution in [0, 0.1) is 0 Å². The van der Waals surface area contributed by atoms with Crippen molar-refractivity contribution in [3.8, 4) is 0 Å². The van der Waals surface area contributed by atoms with Crippen LogP contribution in [0.3, 0.4) is 0 Å². The maximum absolute atomic E-state index is 11.0. The number of ether oxygens (including phenoxy) is 2. The van der Waals surface area contributed by atoms with Crippen molar-refractivity contribution in [1.82, 2.24) is 4.90 Å². The predicted octanol–water partition coefficient (Wildman–Crippen LogP) is -0.671. The van der Waals surface area contributed by atoms with Gasteiger partial charge in [0.05, 0.1) is 26.2 Å². The molecule has 0 aromatic heterocycles. The first kappa shape index (κ1) is 10.8. The molecule has 2 N–H and O–H groups in total. The van der Waals surface area contributed by atoms with Gasteiger partial charge in [0, 0.05) is 13.1 Å². The zero-order valence-electron chi connectivity index (χ0n) is 8.28. The fourth-order valence-electron chi connectivity index (χ4n) is 1.44.